The highest BCUT2D eigenvalue weighted by atomic mass is 16.5. The van der Waals surface area contributed by atoms with Crippen LogP contribution in [0.1, 0.15) is 29.6 Å². The third kappa shape index (κ3) is 3.03. The molecule has 1 aromatic heterocycles. The van der Waals surface area contributed by atoms with Gasteiger partial charge in [0, 0.05) is 11.6 Å². The summed E-state index contributed by atoms with van der Waals surface area (Å²) in [4.78, 5) is 0. The Bertz CT molecular complexity index is 928. The van der Waals surface area contributed by atoms with E-state index in [0.717, 1.165) is 12.0 Å². The van der Waals surface area contributed by atoms with Gasteiger partial charge < -0.3 is 19.5 Å². The molecule has 8 heteroatoms. The van der Waals surface area contributed by atoms with Gasteiger partial charge in [-0.25, -0.2) is 4.68 Å². The number of tetrazole rings is 1. The van der Waals surface area contributed by atoms with Crippen molar-refractivity contribution >= 4 is 5.95 Å². The fourth-order valence-electron chi connectivity index (χ4n) is 3.53. The third-order valence-electron chi connectivity index (χ3n) is 4.83. The van der Waals surface area contributed by atoms with Crippen LogP contribution in [0.25, 0.3) is 0 Å². The van der Waals surface area contributed by atoms with Gasteiger partial charge in [0.05, 0.1) is 33.4 Å². The molecule has 0 saturated carbocycles. The Labute approximate surface area is 157 Å². The molecule has 0 unspecified atom stereocenters. The summed E-state index contributed by atoms with van der Waals surface area (Å²) >= 11 is 0. The molecular formula is C19H21N5O3. The SMILES string of the molecule is COc1cc(OC)c(OC)c([C@H]2C[C@H](c3ccccc3)Nc3nnnn32)c1. The maximum absolute atomic E-state index is 5.67. The Hall–Kier alpha value is -3.29. The lowest BCUT2D eigenvalue weighted by Crippen LogP contribution is -2.28. The molecule has 140 valence electrons. The highest BCUT2D eigenvalue weighted by Gasteiger charge is 2.33. The fraction of sp³-hybridized carbons (Fsp3) is 0.316. The Morgan fingerprint density at radius 1 is 1.04 bits per heavy atom. The molecule has 1 aliphatic heterocycles. The first-order valence-corrected chi connectivity index (χ1v) is 8.64. The summed E-state index contributed by atoms with van der Waals surface area (Å²) in [5.41, 5.74) is 2.08. The highest BCUT2D eigenvalue weighted by molar-refractivity contribution is 5.54. The summed E-state index contributed by atoms with van der Waals surface area (Å²) in [5, 5.41) is 15.6. The molecule has 4 rings (SSSR count). The normalized spacial score (nSPS) is 18.3. The van der Waals surface area contributed by atoms with Crippen LogP contribution < -0.4 is 19.5 Å². The number of hydrogen-bond donors (Lipinski definition) is 1. The van der Waals surface area contributed by atoms with Crippen molar-refractivity contribution in [1.82, 2.24) is 20.2 Å². The number of rotatable bonds is 5. The van der Waals surface area contributed by atoms with E-state index < -0.39 is 0 Å². The van der Waals surface area contributed by atoms with Crippen molar-refractivity contribution in [2.75, 3.05) is 26.6 Å². The van der Waals surface area contributed by atoms with Gasteiger partial charge in [-0.05, 0) is 28.5 Å². The summed E-state index contributed by atoms with van der Waals surface area (Å²) in [5.74, 6) is 2.56. The highest BCUT2D eigenvalue weighted by Crippen LogP contribution is 2.45. The Morgan fingerprint density at radius 3 is 2.56 bits per heavy atom. The predicted molar refractivity (Wildman–Crippen MR) is 99.5 cm³/mol. The van der Waals surface area contributed by atoms with E-state index in [1.54, 1.807) is 32.1 Å². The molecule has 1 aliphatic rings. The standard InChI is InChI=1S/C19H21N5O3/c1-25-13-9-14(18(27-3)17(10-13)26-2)16-11-15(12-7-5-4-6-8-12)20-19-21-22-23-24(16)19/h4-10,15-16H,11H2,1-3H3,(H,20,21,23)/t15-,16-/m1/s1. The molecule has 0 spiro atoms. The molecule has 2 heterocycles. The minimum absolute atomic E-state index is 0.0663. The zero-order chi connectivity index (χ0) is 18.8. The van der Waals surface area contributed by atoms with Gasteiger partial charge in [-0.3, -0.25) is 0 Å². The first kappa shape index (κ1) is 17.1. The second-order valence-corrected chi connectivity index (χ2v) is 6.26. The van der Waals surface area contributed by atoms with E-state index in [0.29, 0.717) is 23.2 Å². The van der Waals surface area contributed by atoms with Crippen LogP contribution >= 0.6 is 0 Å². The minimum Gasteiger partial charge on any atom is -0.497 e. The molecular weight excluding hydrogens is 346 g/mol. The maximum Gasteiger partial charge on any atom is 0.243 e. The molecule has 2 atom stereocenters. The first-order valence-electron chi connectivity index (χ1n) is 8.64. The summed E-state index contributed by atoms with van der Waals surface area (Å²) in [6, 6.07) is 13.9. The quantitative estimate of drug-likeness (QED) is 0.742. The molecule has 0 amide bonds. The predicted octanol–water partition coefficient (Wildman–Crippen LogP) is 2.85. The van der Waals surface area contributed by atoms with Crippen LogP contribution in [0.3, 0.4) is 0 Å². The number of methoxy groups -OCH3 is 3. The van der Waals surface area contributed by atoms with Gasteiger partial charge in [-0.2, -0.15) is 0 Å². The van der Waals surface area contributed by atoms with E-state index in [4.69, 9.17) is 14.2 Å². The van der Waals surface area contributed by atoms with Gasteiger partial charge >= 0.3 is 0 Å². The Kier molecular flexibility index (Phi) is 4.53. The molecule has 2 aromatic carbocycles. The van der Waals surface area contributed by atoms with Crippen LogP contribution in [0.2, 0.25) is 0 Å². The largest absolute Gasteiger partial charge is 0.497 e. The van der Waals surface area contributed by atoms with Crippen LogP contribution in [0.4, 0.5) is 5.95 Å². The zero-order valence-corrected chi connectivity index (χ0v) is 15.4. The Morgan fingerprint density at radius 2 is 1.85 bits per heavy atom. The van der Waals surface area contributed by atoms with E-state index in [9.17, 15) is 0 Å². The molecule has 0 bridgehead atoms. The van der Waals surface area contributed by atoms with E-state index in [1.807, 2.05) is 24.3 Å². The van der Waals surface area contributed by atoms with Gasteiger partial charge in [-0.15, -0.1) is 0 Å². The molecule has 3 aromatic rings. The van der Waals surface area contributed by atoms with Gasteiger partial charge in [0.1, 0.15) is 5.75 Å². The number of nitrogens with zero attached hydrogens (tertiary/aromatic N) is 4. The average Bonchev–Trinajstić information content (AvgIpc) is 3.21. The summed E-state index contributed by atoms with van der Waals surface area (Å²) in [7, 11) is 4.87. The molecule has 0 aliphatic carbocycles. The molecule has 27 heavy (non-hydrogen) atoms. The van der Waals surface area contributed by atoms with Crippen LogP contribution in [0.15, 0.2) is 42.5 Å². The van der Waals surface area contributed by atoms with E-state index in [2.05, 4.69) is 33.0 Å². The second-order valence-electron chi connectivity index (χ2n) is 6.26. The molecule has 0 saturated heterocycles. The lowest BCUT2D eigenvalue weighted by atomic mass is 9.92. The number of aromatic nitrogens is 4. The number of hydrogen-bond acceptors (Lipinski definition) is 7. The molecule has 1 N–H and O–H groups in total. The number of fused-ring (bicyclic) bond motifs is 1. The Balaban J connectivity index is 1.83. The van der Waals surface area contributed by atoms with Crippen molar-refractivity contribution in [2.24, 2.45) is 0 Å². The number of benzene rings is 2. The van der Waals surface area contributed by atoms with Crippen molar-refractivity contribution in [3.05, 3.63) is 53.6 Å². The molecule has 8 nitrogen and oxygen atoms in total. The number of ether oxygens (including phenoxy) is 3. The van der Waals surface area contributed by atoms with Gasteiger partial charge in [-0.1, -0.05) is 35.4 Å². The van der Waals surface area contributed by atoms with Crippen LogP contribution in [-0.2, 0) is 0 Å². The second kappa shape index (κ2) is 7.14. The van der Waals surface area contributed by atoms with Crippen molar-refractivity contribution in [3.8, 4) is 17.2 Å². The third-order valence-corrected chi connectivity index (χ3v) is 4.83. The van der Waals surface area contributed by atoms with Gasteiger partial charge in [0.25, 0.3) is 0 Å². The van der Waals surface area contributed by atoms with E-state index in [-0.39, 0.29) is 12.1 Å². The smallest absolute Gasteiger partial charge is 0.243 e. The number of nitrogens with one attached hydrogen (secondary N) is 1. The van der Waals surface area contributed by atoms with Crippen LogP contribution in [-0.4, -0.2) is 41.5 Å². The van der Waals surface area contributed by atoms with Crippen molar-refractivity contribution in [1.29, 1.82) is 0 Å². The monoisotopic (exact) mass is 367 g/mol. The maximum atomic E-state index is 5.67. The molecule has 0 radical (unpaired) electrons. The topological polar surface area (TPSA) is 83.3 Å². The van der Waals surface area contributed by atoms with Crippen LogP contribution in [0.5, 0.6) is 17.2 Å². The van der Waals surface area contributed by atoms with E-state index in [1.165, 1.54) is 5.56 Å². The van der Waals surface area contributed by atoms with Gasteiger partial charge in [0.2, 0.25) is 5.95 Å². The van der Waals surface area contributed by atoms with Crippen molar-refractivity contribution < 1.29 is 14.2 Å². The molecule has 0 fully saturated rings. The average molecular weight is 367 g/mol. The number of anilines is 1. The van der Waals surface area contributed by atoms with E-state index >= 15 is 0 Å². The van der Waals surface area contributed by atoms with Gasteiger partial charge in [0.15, 0.2) is 11.5 Å². The first-order chi connectivity index (χ1) is 13.2. The summed E-state index contributed by atoms with van der Waals surface area (Å²) < 4.78 is 18.4. The minimum atomic E-state index is -0.139. The summed E-state index contributed by atoms with van der Waals surface area (Å²) in [6.07, 6.45) is 0.745. The van der Waals surface area contributed by atoms with Crippen molar-refractivity contribution in [2.45, 2.75) is 18.5 Å². The lowest BCUT2D eigenvalue weighted by Gasteiger charge is -2.32. The zero-order valence-electron chi connectivity index (χ0n) is 15.4. The summed E-state index contributed by atoms with van der Waals surface area (Å²) in [6.45, 7) is 0. The lowest BCUT2D eigenvalue weighted by molar-refractivity contribution is 0.333. The fourth-order valence-corrected chi connectivity index (χ4v) is 3.53. The van der Waals surface area contributed by atoms with Crippen molar-refractivity contribution in [3.63, 3.8) is 0 Å². The van der Waals surface area contributed by atoms with Crippen LogP contribution in [0, 0.1) is 0 Å².